The molecule has 0 aliphatic carbocycles. The van der Waals surface area contributed by atoms with Gasteiger partial charge in [-0.25, -0.2) is 0 Å². The molecule has 0 amide bonds. The fraction of sp³-hybridized carbons (Fsp3) is 0.462. The van der Waals surface area contributed by atoms with Gasteiger partial charge >= 0.3 is 0 Å². The highest BCUT2D eigenvalue weighted by Gasteiger charge is 2.14. The van der Waals surface area contributed by atoms with Crippen molar-refractivity contribution >= 4 is 0 Å². The molecule has 0 saturated heterocycles. The average Bonchev–Trinajstić information content (AvgIpc) is 2.94. The Morgan fingerprint density at radius 2 is 2.35 bits per heavy atom. The Hall–Kier alpha value is -1.55. The van der Waals surface area contributed by atoms with Crippen LogP contribution in [0.4, 0.5) is 0 Å². The summed E-state index contributed by atoms with van der Waals surface area (Å²) in [6.07, 6.45) is 7.32. The molecule has 2 aromatic rings. The highest BCUT2D eigenvalue weighted by Crippen LogP contribution is 2.23. The summed E-state index contributed by atoms with van der Waals surface area (Å²) in [6.45, 7) is 2.02. The zero-order chi connectivity index (χ0) is 12.3. The molecule has 4 heteroatoms. The maximum Gasteiger partial charge on any atom is 0.109 e. The molecular formula is C13H18N2O2. The third kappa shape index (κ3) is 2.77. The first-order valence-electron chi connectivity index (χ1n) is 5.92. The molecule has 92 valence electrons. The van der Waals surface area contributed by atoms with Gasteiger partial charge < -0.3 is 9.52 Å². The Morgan fingerprint density at radius 3 is 3.00 bits per heavy atom. The molecule has 0 aliphatic heterocycles. The molecule has 2 rings (SSSR count). The quantitative estimate of drug-likeness (QED) is 0.863. The summed E-state index contributed by atoms with van der Waals surface area (Å²) in [4.78, 5) is 0. The predicted octanol–water partition coefficient (Wildman–Crippen LogP) is 2.24. The van der Waals surface area contributed by atoms with E-state index in [9.17, 15) is 5.11 Å². The Balaban J connectivity index is 1.95. The van der Waals surface area contributed by atoms with Crippen LogP contribution < -0.4 is 0 Å². The molecule has 0 aliphatic rings. The normalized spacial score (nSPS) is 12.9. The minimum Gasteiger partial charge on any atom is -0.469 e. The topological polar surface area (TPSA) is 51.2 Å². The SMILES string of the molecule is CCc1occc1C(O)CCc1cnn(C)c1. The summed E-state index contributed by atoms with van der Waals surface area (Å²) < 4.78 is 7.09. The van der Waals surface area contributed by atoms with Gasteiger partial charge in [0, 0.05) is 25.2 Å². The number of furan rings is 1. The lowest BCUT2D eigenvalue weighted by Gasteiger charge is -2.09. The average molecular weight is 234 g/mol. The molecule has 1 N–H and O–H groups in total. The fourth-order valence-electron chi connectivity index (χ4n) is 1.99. The summed E-state index contributed by atoms with van der Waals surface area (Å²) in [5, 5.41) is 14.2. The van der Waals surface area contributed by atoms with Crippen molar-refractivity contribution in [3.05, 3.63) is 41.6 Å². The van der Waals surface area contributed by atoms with Gasteiger partial charge in [0.05, 0.1) is 18.6 Å². The molecule has 0 spiro atoms. The Morgan fingerprint density at radius 1 is 1.53 bits per heavy atom. The van der Waals surface area contributed by atoms with Crippen molar-refractivity contribution in [3.8, 4) is 0 Å². The van der Waals surface area contributed by atoms with Gasteiger partial charge in [-0.3, -0.25) is 4.68 Å². The lowest BCUT2D eigenvalue weighted by molar-refractivity contribution is 0.165. The lowest BCUT2D eigenvalue weighted by Crippen LogP contribution is -2.00. The van der Waals surface area contributed by atoms with Gasteiger partial charge in [0.25, 0.3) is 0 Å². The van der Waals surface area contributed by atoms with E-state index in [2.05, 4.69) is 5.10 Å². The maximum atomic E-state index is 10.1. The smallest absolute Gasteiger partial charge is 0.109 e. The second-order valence-corrected chi connectivity index (χ2v) is 4.23. The third-order valence-electron chi connectivity index (χ3n) is 2.92. The van der Waals surface area contributed by atoms with E-state index in [0.29, 0.717) is 6.42 Å². The van der Waals surface area contributed by atoms with Gasteiger partial charge in [0.15, 0.2) is 0 Å². The van der Waals surface area contributed by atoms with Crippen molar-refractivity contribution in [1.29, 1.82) is 0 Å². The van der Waals surface area contributed by atoms with E-state index < -0.39 is 6.10 Å². The first-order chi connectivity index (χ1) is 8.20. The van der Waals surface area contributed by atoms with Crippen molar-refractivity contribution < 1.29 is 9.52 Å². The zero-order valence-electron chi connectivity index (χ0n) is 10.3. The van der Waals surface area contributed by atoms with E-state index in [1.807, 2.05) is 32.4 Å². The minimum atomic E-state index is -0.455. The van der Waals surface area contributed by atoms with E-state index in [-0.39, 0.29) is 0 Å². The van der Waals surface area contributed by atoms with Crippen LogP contribution in [0, 0.1) is 0 Å². The molecule has 0 bridgehead atoms. The van der Waals surface area contributed by atoms with Crippen LogP contribution in [0.25, 0.3) is 0 Å². The summed E-state index contributed by atoms with van der Waals surface area (Å²) in [5.41, 5.74) is 2.06. The number of nitrogens with zero attached hydrogens (tertiary/aromatic N) is 2. The zero-order valence-corrected chi connectivity index (χ0v) is 10.3. The summed E-state index contributed by atoms with van der Waals surface area (Å²) in [5.74, 6) is 0.878. The van der Waals surface area contributed by atoms with Crippen molar-refractivity contribution in [2.45, 2.75) is 32.3 Å². The summed E-state index contributed by atoms with van der Waals surface area (Å²) >= 11 is 0. The fourth-order valence-corrected chi connectivity index (χ4v) is 1.99. The van der Waals surface area contributed by atoms with Crippen molar-refractivity contribution in [2.75, 3.05) is 0 Å². The molecule has 2 heterocycles. The van der Waals surface area contributed by atoms with Crippen molar-refractivity contribution in [2.24, 2.45) is 7.05 Å². The summed E-state index contributed by atoms with van der Waals surface area (Å²) in [6, 6.07) is 1.85. The number of rotatable bonds is 5. The van der Waals surface area contributed by atoms with Gasteiger partial charge in [0.2, 0.25) is 0 Å². The van der Waals surface area contributed by atoms with Crippen LogP contribution in [0.2, 0.25) is 0 Å². The van der Waals surface area contributed by atoms with Gasteiger partial charge in [-0.2, -0.15) is 5.10 Å². The largest absolute Gasteiger partial charge is 0.469 e. The van der Waals surface area contributed by atoms with Gasteiger partial charge in [-0.05, 0) is 24.5 Å². The number of aliphatic hydroxyl groups excluding tert-OH is 1. The van der Waals surface area contributed by atoms with Gasteiger partial charge in [-0.1, -0.05) is 6.92 Å². The number of aryl methyl sites for hydroxylation is 3. The molecule has 4 nitrogen and oxygen atoms in total. The maximum absolute atomic E-state index is 10.1. The molecule has 0 radical (unpaired) electrons. The van der Waals surface area contributed by atoms with Crippen LogP contribution in [-0.4, -0.2) is 14.9 Å². The van der Waals surface area contributed by atoms with Crippen LogP contribution >= 0.6 is 0 Å². The molecule has 2 aromatic heterocycles. The van der Waals surface area contributed by atoms with E-state index in [4.69, 9.17) is 4.42 Å². The first-order valence-corrected chi connectivity index (χ1v) is 5.92. The lowest BCUT2D eigenvalue weighted by atomic mass is 10.0. The standard InChI is InChI=1S/C13H18N2O2/c1-3-13-11(6-7-17-13)12(16)5-4-10-8-14-15(2)9-10/h6-9,12,16H,3-5H2,1-2H3. The van der Waals surface area contributed by atoms with Crippen LogP contribution in [0.15, 0.2) is 29.1 Å². The van der Waals surface area contributed by atoms with Crippen LogP contribution in [0.3, 0.4) is 0 Å². The Labute approximate surface area is 101 Å². The molecule has 0 saturated carbocycles. The molecule has 1 atom stereocenters. The summed E-state index contributed by atoms with van der Waals surface area (Å²) in [7, 11) is 1.89. The third-order valence-corrected chi connectivity index (χ3v) is 2.92. The van der Waals surface area contributed by atoms with Gasteiger partial charge in [0.1, 0.15) is 5.76 Å². The van der Waals surface area contributed by atoms with E-state index in [1.54, 1.807) is 10.9 Å². The van der Waals surface area contributed by atoms with Crippen molar-refractivity contribution in [3.63, 3.8) is 0 Å². The monoisotopic (exact) mass is 234 g/mol. The minimum absolute atomic E-state index is 0.455. The van der Waals surface area contributed by atoms with E-state index in [0.717, 1.165) is 29.7 Å². The number of hydrogen-bond acceptors (Lipinski definition) is 3. The highest BCUT2D eigenvalue weighted by molar-refractivity contribution is 5.20. The Bertz CT molecular complexity index is 473. The first kappa shape index (κ1) is 11.9. The van der Waals surface area contributed by atoms with Crippen LogP contribution in [-0.2, 0) is 19.9 Å². The molecular weight excluding hydrogens is 216 g/mol. The van der Waals surface area contributed by atoms with Crippen molar-refractivity contribution in [1.82, 2.24) is 9.78 Å². The second kappa shape index (κ2) is 5.19. The molecule has 1 unspecified atom stereocenters. The molecule has 0 fully saturated rings. The van der Waals surface area contributed by atoms with Crippen LogP contribution in [0.5, 0.6) is 0 Å². The molecule has 0 aromatic carbocycles. The number of aliphatic hydroxyl groups is 1. The van der Waals surface area contributed by atoms with Crippen LogP contribution in [0.1, 0.15) is 36.3 Å². The number of hydrogen-bond donors (Lipinski definition) is 1. The second-order valence-electron chi connectivity index (χ2n) is 4.23. The highest BCUT2D eigenvalue weighted by atomic mass is 16.3. The van der Waals surface area contributed by atoms with E-state index >= 15 is 0 Å². The van der Waals surface area contributed by atoms with E-state index in [1.165, 1.54) is 0 Å². The Kier molecular flexibility index (Phi) is 3.64. The number of aromatic nitrogens is 2. The molecule has 17 heavy (non-hydrogen) atoms. The predicted molar refractivity (Wildman–Crippen MR) is 64.6 cm³/mol. The van der Waals surface area contributed by atoms with Gasteiger partial charge in [-0.15, -0.1) is 0 Å².